The molecular weight excluding hydrogens is 567 g/mol. The van der Waals surface area contributed by atoms with E-state index >= 15 is 0 Å². The molecule has 0 atom stereocenters. The minimum Gasteiger partial charge on any atom is -0.631 e. The van der Waals surface area contributed by atoms with Crippen molar-refractivity contribution in [3.8, 4) is 11.5 Å². The van der Waals surface area contributed by atoms with Crippen molar-refractivity contribution in [3.63, 3.8) is 0 Å². The van der Waals surface area contributed by atoms with Gasteiger partial charge in [0.25, 0.3) is 0 Å². The zero-order valence-electron chi connectivity index (χ0n) is 28.5. The largest absolute Gasteiger partial charge is 0.676 e. The molecule has 1 N–H and O–H groups in total. The van der Waals surface area contributed by atoms with Crippen LogP contribution >= 0.6 is 10.0 Å². The van der Waals surface area contributed by atoms with Crippen molar-refractivity contribution in [2.75, 3.05) is 0 Å². The number of aromatic hydroxyl groups is 1. The molecule has 4 nitrogen and oxygen atoms in total. The Kier molecular flexibility index (Phi) is 10.4. The van der Waals surface area contributed by atoms with Gasteiger partial charge in [-0.05, 0) is 62.6 Å². The second-order valence-corrected chi connectivity index (χ2v) is 18.7. The van der Waals surface area contributed by atoms with E-state index in [0.29, 0.717) is 11.3 Å². The van der Waals surface area contributed by atoms with Gasteiger partial charge in [0.05, 0.1) is 17.1 Å². The summed E-state index contributed by atoms with van der Waals surface area (Å²) in [5, 5.41) is 11.3. The van der Waals surface area contributed by atoms with Crippen molar-refractivity contribution in [3.05, 3.63) is 81.9 Å². The molecule has 3 aromatic rings. The summed E-state index contributed by atoms with van der Waals surface area (Å²) < 4.78 is 6.34. The zero-order chi connectivity index (χ0) is 32.5. The molecule has 0 unspecified atom stereocenters. The third kappa shape index (κ3) is 8.98. The summed E-state index contributed by atoms with van der Waals surface area (Å²) in [6, 6.07) is 16.4. The van der Waals surface area contributed by atoms with Crippen molar-refractivity contribution in [1.29, 1.82) is 0 Å². The van der Waals surface area contributed by atoms with Crippen molar-refractivity contribution in [1.82, 2.24) is 0 Å². The molecule has 230 valence electrons. The highest BCUT2D eigenvalue weighted by molar-refractivity contribution is 7.02. The Hall–Kier alpha value is -2.58. The molecule has 3 rings (SSSR count). The van der Waals surface area contributed by atoms with Crippen molar-refractivity contribution < 1.29 is 8.90 Å². The molecule has 0 aliphatic rings. The maximum atomic E-state index is 11.3. The van der Waals surface area contributed by atoms with Gasteiger partial charge in [-0.25, -0.2) is 10.0 Å². The van der Waals surface area contributed by atoms with E-state index in [-0.39, 0.29) is 27.4 Å². The van der Waals surface area contributed by atoms with E-state index in [2.05, 4.69) is 101 Å². The minimum atomic E-state index is -1.91. The number of halogens is 1. The average molecular weight is 617 g/mol. The highest BCUT2D eigenvalue weighted by Gasteiger charge is 2.28. The molecule has 0 aromatic heterocycles. The van der Waals surface area contributed by atoms with Gasteiger partial charge in [0.2, 0.25) is 0 Å². The van der Waals surface area contributed by atoms with Crippen LogP contribution in [0.1, 0.15) is 116 Å². The maximum absolute atomic E-state index is 11.3. The normalized spacial score (nSPS) is 13.3. The van der Waals surface area contributed by atoms with E-state index in [0.717, 1.165) is 33.7 Å². The first-order valence-corrected chi connectivity index (χ1v) is 18.5. The SMILES string of the molecule is [CH3][Al]([Cl])[O]c1c(C=Nc2ccccc2N=Cc2cc(C(C)(C)C)cc(C(C)(C)C)c2O)cc(C(C)(C)C)cc1C(C)(C)C. The van der Waals surface area contributed by atoms with Crippen LogP contribution in [0.25, 0.3) is 0 Å². The van der Waals surface area contributed by atoms with Crippen LogP contribution < -0.4 is 3.79 Å². The Morgan fingerprint density at radius 1 is 0.651 bits per heavy atom. The summed E-state index contributed by atoms with van der Waals surface area (Å²) in [6.07, 6.45) is 3.62. The van der Waals surface area contributed by atoms with E-state index in [1.165, 1.54) is 5.56 Å². The van der Waals surface area contributed by atoms with Gasteiger partial charge in [-0.1, -0.05) is 113 Å². The Morgan fingerprint density at radius 2 is 1.07 bits per heavy atom. The van der Waals surface area contributed by atoms with Crippen LogP contribution in [0, 0.1) is 0 Å². The molecule has 3 aromatic carbocycles. The average Bonchev–Trinajstić information content (AvgIpc) is 2.84. The van der Waals surface area contributed by atoms with Crippen molar-refractivity contribution >= 4 is 47.4 Å². The van der Waals surface area contributed by atoms with E-state index in [1.54, 1.807) is 6.21 Å². The Morgan fingerprint density at radius 3 is 1.49 bits per heavy atom. The monoisotopic (exact) mass is 616 g/mol. The van der Waals surface area contributed by atoms with Gasteiger partial charge in [0.1, 0.15) is 5.75 Å². The first kappa shape index (κ1) is 34.9. The lowest BCUT2D eigenvalue weighted by Gasteiger charge is -2.29. The Balaban J connectivity index is 2.16. The number of aliphatic imine (C=N–C) groups is 2. The molecule has 0 fully saturated rings. The number of phenolic OH excluding ortho intramolecular Hbond substituents is 1. The molecule has 0 spiro atoms. The van der Waals surface area contributed by atoms with Crippen LogP contribution in [-0.4, -0.2) is 31.1 Å². The predicted octanol–water partition coefficient (Wildman–Crippen LogP) is 10.8. The quantitative estimate of drug-likeness (QED) is 0.221. The number of hydrogen-bond acceptors (Lipinski definition) is 4. The van der Waals surface area contributed by atoms with E-state index in [9.17, 15) is 5.11 Å². The number of benzene rings is 3. The second kappa shape index (κ2) is 12.8. The summed E-state index contributed by atoms with van der Waals surface area (Å²) in [5.74, 6) is 3.03. The maximum Gasteiger partial charge on any atom is 0.676 e. The topological polar surface area (TPSA) is 54.2 Å². The number of phenols is 1. The number of para-hydroxylation sites is 2. The molecule has 0 saturated carbocycles. The number of nitrogens with zero attached hydrogens (tertiary/aromatic N) is 2. The summed E-state index contributed by atoms with van der Waals surface area (Å²) in [5.41, 5.74) is 6.95. The second-order valence-electron chi connectivity index (χ2n) is 15.6. The first-order chi connectivity index (χ1) is 19.6. The Bertz CT molecular complexity index is 1510. The third-order valence-corrected chi connectivity index (χ3v) is 8.28. The summed E-state index contributed by atoms with van der Waals surface area (Å²) in [6.45, 7) is 26.1. The highest BCUT2D eigenvalue weighted by Crippen LogP contribution is 2.40. The molecule has 0 radical (unpaired) electrons. The van der Waals surface area contributed by atoms with Crippen LogP contribution in [0.5, 0.6) is 11.5 Å². The molecule has 0 amide bonds. The highest BCUT2D eigenvalue weighted by atomic mass is 35.6. The third-order valence-electron chi connectivity index (χ3n) is 7.45. The molecule has 0 saturated heterocycles. The fourth-order valence-corrected chi connectivity index (χ4v) is 5.61. The van der Waals surface area contributed by atoms with Gasteiger partial charge in [0, 0.05) is 29.1 Å². The summed E-state index contributed by atoms with van der Waals surface area (Å²) in [7, 11) is 6.50. The van der Waals surface area contributed by atoms with Crippen LogP contribution in [0.15, 0.2) is 58.5 Å². The summed E-state index contributed by atoms with van der Waals surface area (Å²) in [4.78, 5) is 9.77. The van der Waals surface area contributed by atoms with Gasteiger partial charge in [-0.3, -0.25) is 9.98 Å². The fourth-order valence-electron chi connectivity index (χ4n) is 4.75. The zero-order valence-corrected chi connectivity index (χ0v) is 30.4. The Labute approximate surface area is 269 Å². The van der Waals surface area contributed by atoms with E-state index < -0.39 is 13.6 Å². The first-order valence-electron chi connectivity index (χ1n) is 15.1. The van der Waals surface area contributed by atoms with Crippen molar-refractivity contribution in [2.45, 2.75) is 111 Å². The van der Waals surface area contributed by atoms with E-state index in [4.69, 9.17) is 23.8 Å². The van der Waals surface area contributed by atoms with Crippen LogP contribution in [-0.2, 0) is 21.7 Å². The van der Waals surface area contributed by atoms with Crippen molar-refractivity contribution in [2.24, 2.45) is 9.98 Å². The summed E-state index contributed by atoms with van der Waals surface area (Å²) >= 11 is -1.91. The van der Waals surface area contributed by atoms with E-state index in [1.807, 2.05) is 42.3 Å². The van der Waals surface area contributed by atoms with Gasteiger partial charge in [-0.15, -0.1) is 0 Å². The van der Waals surface area contributed by atoms with Gasteiger partial charge in [-0.2, -0.15) is 0 Å². The predicted molar refractivity (Wildman–Crippen MR) is 188 cm³/mol. The van der Waals surface area contributed by atoms with Gasteiger partial charge >= 0.3 is 13.6 Å². The molecule has 0 heterocycles. The van der Waals surface area contributed by atoms with Gasteiger partial charge < -0.3 is 8.90 Å². The molecule has 6 heteroatoms. The molecule has 43 heavy (non-hydrogen) atoms. The lowest BCUT2D eigenvalue weighted by Crippen LogP contribution is -2.21. The van der Waals surface area contributed by atoms with Gasteiger partial charge in [0.15, 0.2) is 0 Å². The van der Waals surface area contributed by atoms with Crippen LogP contribution in [0.2, 0.25) is 5.79 Å². The van der Waals surface area contributed by atoms with Crippen LogP contribution in [0.4, 0.5) is 11.4 Å². The minimum absolute atomic E-state index is 0.0527. The fraction of sp³-hybridized carbons (Fsp3) is 0.459. The lowest BCUT2D eigenvalue weighted by atomic mass is 9.79. The standard InChI is InChI=1S/C36H48N2O2.CH3.Al.ClH/c1-33(2,3)25-17-23(31(39)27(19-25)35(7,8)9)21-37-29-15-13-14-16-30(29)38-22-24-18-26(34(4,5)6)20-28(32(24)40)36(10,11)12;;;/h13-22,39-40H,1-12H3;1H3;;1H/q;;+2;/p-2. The number of hydrogen-bond donors (Lipinski definition) is 1. The molecule has 0 bridgehead atoms. The van der Waals surface area contributed by atoms with Crippen LogP contribution in [0.3, 0.4) is 0 Å². The number of rotatable bonds is 6. The molecule has 0 aliphatic heterocycles. The smallest absolute Gasteiger partial charge is 0.631 e. The molecular formula is C37H50AlClN2O2. The molecule has 0 aliphatic carbocycles. The lowest BCUT2D eigenvalue weighted by molar-refractivity contribution is 0.444.